The summed E-state index contributed by atoms with van der Waals surface area (Å²) >= 11 is 0. The molecular weight excluding hydrogens is 214 g/mol. The highest BCUT2D eigenvalue weighted by Gasteiger charge is 2.15. The smallest absolute Gasteiger partial charge is 0.223 e. The van der Waals surface area contributed by atoms with Gasteiger partial charge in [0.25, 0.3) is 0 Å². The summed E-state index contributed by atoms with van der Waals surface area (Å²) in [7, 11) is 0. The molecule has 2 rings (SSSR count). The van der Waals surface area contributed by atoms with Gasteiger partial charge in [0.2, 0.25) is 5.91 Å². The summed E-state index contributed by atoms with van der Waals surface area (Å²) in [5, 5.41) is 2.92. The molecule has 0 saturated heterocycles. The molecule has 0 bridgehead atoms. The number of H-pyrrole nitrogens is 1. The van der Waals surface area contributed by atoms with Crippen LogP contribution in [0.3, 0.4) is 0 Å². The van der Waals surface area contributed by atoms with Gasteiger partial charge in [0.05, 0.1) is 17.1 Å². The van der Waals surface area contributed by atoms with E-state index in [1.165, 1.54) is 0 Å². The molecule has 17 heavy (non-hydrogen) atoms. The predicted octanol–water partition coefficient (Wildman–Crippen LogP) is 2.40. The average Bonchev–Trinajstić information content (AvgIpc) is 2.72. The Balaban J connectivity index is 2.19. The molecule has 2 N–H and O–H groups in total. The lowest BCUT2D eigenvalue weighted by Gasteiger charge is -2.13. The fraction of sp³-hybridized carbons (Fsp3) is 0.385. The predicted molar refractivity (Wildman–Crippen MR) is 67.5 cm³/mol. The van der Waals surface area contributed by atoms with E-state index >= 15 is 0 Å². The molecule has 2 aromatic rings. The fourth-order valence-corrected chi connectivity index (χ4v) is 1.63. The second kappa shape index (κ2) is 4.57. The van der Waals surface area contributed by atoms with Crippen molar-refractivity contribution in [2.24, 2.45) is 5.92 Å². The number of carbonyl (C=O) groups excluding carboxylic acids is 1. The minimum atomic E-state index is -0.0997. The first-order valence-corrected chi connectivity index (χ1v) is 5.83. The zero-order chi connectivity index (χ0) is 12.4. The summed E-state index contributed by atoms with van der Waals surface area (Å²) in [5.74, 6) is 0.819. The van der Waals surface area contributed by atoms with Crippen LogP contribution in [0.25, 0.3) is 11.0 Å². The number of hydrogen-bond donors (Lipinski definition) is 2. The number of rotatable bonds is 3. The van der Waals surface area contributed by atoms with Crippen molar-refractivity contribution in [3.05, 3.63) is 30.1 Å². The topological polar surface area (TPSA) is 57.8 Å². The number of hydrogen-bond acceptors (Lipinski definition) is 2. The molecule has 1 heterocycles. The second-order valence-corrected chi connectivity index (χ2v) is 4.52. The first-order valence-electron chi connectivity index (χ1n) is 5.83. The highest BCUT2D eigenvalue weighted by atomic mass is 16.1. The van der Waals surface area contributed by atoms with Crippen LogP contribution in [0, 0.1) is 5.92 Å². The highest BCUT2D eigenvalue weighted by molar-refractivity contribution is 5.78. The van der Waals surface area contributed by atoms with Crippen LogP contribution in [0.15, 0.2) is 24.3 Å². The molecule has 4 heteroatoms. The molecule has 0 aliphatic carbocycles. The Morgan fingerprint density at radius 2 is 2.00 bits per heavy atom. The summed E-state index contributed by atoms with van der Waals surface area (Å²) in [6, 6.07) is 7.73. The molecule has 0 radical (unpaired) electrons. The van der Waals surface area contributed by atoms with Crippen LogP contribution in [0.5, 0.6) is 0 Å². The summed E-state index contributed by atoms with van der Waals surface area (Å²) in [6.07, 6.45) is 0. The second-order valence-electron chi connectivity index (χ2n) is 4.52. The van der Waals surface area contributed by atoms with E-state index in [-0.39, 0.29) is 17.9 Å². The summed E-state index contributed by atoms with van der Waals surface area (Å²) in [4.78, 5) is 19.3. The standard InChI is InChI=1S/C13H17N3O/c1-8(2)13(17)14-9(3)12-15-10-6-4-5-7-11(10)16-12/h4-9H,1-3H3,(H,14,17)(H,15,16)/t9-/m0/s1. The lowest BCUT2D eigenvalue weighted by molar-refractivity contribution is -0.124. The third-order valence-electron chi connectivity index (χ3n) is 2.70. The molecule has 0 aliphatic rings. The molecule has 1 amide bonds. The average molecular weight is 231 g/mol. The first kappa shape index (κ1) is 11.6. The van der Waals surface area contributed by atoms with E-state index in [9.17, 15) is 4.79 Å². The van der Waals surface area contributed by atoms with E-state index in [1.807, 2.05) is 45.0 Å². The number of fused-ring (bicyclic) bond motifs is 1. The summed E-state index contributed by atoms with van der Waals surface area (Å²) < 4.78 is 0. The van der Waals surface area contributed by atoms with Gasteiger partial charge in [0.15, 0.2) is 0 Å². The van der Waals surface area contributed by atoms with Crippen molar-refractivity contribution in [1.82, 2.24) is 15.3 Å². The third-order valence-corrected chi connectivity index (χ3v) is 2.70. The number of nitrogens with zero attached hydrogens (tertiary/aromatic N) is 1. The van der Waals surface area contributed by atoms with E-state index in [1.54, 1.807) is 0 Å². The zero-order valence-electron chi connectivity index (χ0n) is 10.3. The van der Waals surface area contributed by atoms with Crippen LogP contribution < -0.4 is 5.32 Å². The van der Waals surface area contributed by atoms with Crippen molar-refractivity contribution in [2.75, 3.05) is 0 Å². The third kappa shape index (κ3) is 2.46. The van der Waals surface area contributed by atoms with Crippen LogP contribution in [-0.2, 0) is 4.79 Å². The van der Waals surface area contributed by atoms with E-state index in [4.69, 9.17) is 0 Å². The molecule has 0 saturated carbocycles. The number of amides is 1. The Labute approximate surface area is 100 Å². The van der Waals surface area contributed by atoms with Crippen LogP contribution in [-0.4, -0.2) is 15.9 Å². The minimum absolute atomic E-state index is 0.0122. The van der Waals surface area contributed by atoms with Gasteiger partial charge in [-0.2, -0.15) is 0 Å². The van der Waals surface area contributed by atoms with Gasteiger partial charge in [-0.05, 0) is 19.1 Å². The van der Waals surface area contributed by atoms with Crippen molar-refractivity contribution in [3.8, 4) is 0 Å². The molecule has 0 fully saturated rings. The van der Waals surface area contributed by atoms with Gasteiger partial charge in [-0.25, -0.2) is 4.98 Å². The van der Waals surface area contributed by atoms with Crippen molar-refractivity contribution in [2.45, 2.75) is 26.8 Å². The largest absolute Gasteiger partial charge is 0.346 e. The van der Waals surface area contributed by atoms with Crippen LogP contribution in [0.4, 0.5) is 0 Å². The van der Waals surface area contributed by atoms with Gasteiger partial charge < -0.3 is 10.3 Å². The molecule has 1 aromatic carbocycles. The van der Waals surface area contributed by atoms with Gasteiger partial charge in [-0.1, -0.05) is 26.0 Å². The molecule has 90 valence electrons. The SMILES string of the molecule is CC(C)C(=O)N[C@@H](C)c1nc2ccccc2[nH]1. The van der Waals surface area contributed by atoms with Crippen molar-refractivity contribution >= 4 is 16.9 Å². The Bertz CT molecular complexity index is 497. The van der Waals surface area contributed by atoms with Crippen LogP contribution in [0.2, 0.25) is 0 Å². The monoisotopic (exact) mass is 231 g/mol. The molecular formula is C13H17N3O. The van der Waals surface area contributed by atoms with Crippen LogP contribution >= 0.6 is 0 Å². The molecule has 1 aromatic heterocycles. The van der Waals surface area contributed by atoms with E-state index in [0.29, 0.717) is 0 Å². The minimum Gasteiger partial charge on any atom is -0.346 e. The van der Waals surface area contributed by atoms with Gasteiger partial charge in [-0.15, -0.1) is 0 Å². The number of carbonyl (C=O) groups is 1. The number of imidazole rings is 1. The summed E-state index contributed by atoms with van der Waals surface area (Å²) in [6.45, 7) is 5.68. The number of aromatic amines is 1. The maximum atomic E-state index is 11.6. The molecule has 0 spiro atoms. The van der Waals surface area contributed by atoms with Gasteiger partial charge in [-0.3, -0.25) is 4.79 Å². The van der Waals surface area contributed by atoms with Crippen molar-refractivity contribution in [1.29, 1.82) is 0 Å². The zero-order valence-corrected chi connectivity index (χ0v) is 10.3. The molecule has 1 atom stereocenters. The lowest BCUT2D eigenvalue weighted by atomic mass is 10.2. The summed E-state index contributed by atoms with van der Waals surface area (Å²) in [5.41, 5.74) is 1.92. The molecule has 4 nitrogen and oxygen atoms in total. The highest BCUT2D eigenvalue weighted by Crippen LogP contribution is 2.15. The Morgan fingerprint density at radius 1 is 1.29 bits per heavy atom. The van der Waals surface area contributed by atoms with Crippen LogP contribution in [0.1, 0.15) is 32.6 Å². The Morgan fingerprint density at radius 3 is 2.65 bits per heavy atom. The normalized spacial score (nSPS) is 12.9. The Hall–Kier alpha value is -1.84. The maximum absolute atomic E-state index is 11.6. The van der Waals surface area contributed by atoms with Crippen molar-refractivity contribution < 1.29 is 4.79 Å². The van der Waals surface area contributed by atoms with E-state index in [0.717, 1.165) is 16.9 Å². The van der Waals surface area contributed by atoms with Gasteiger partial charge >= 0.3 is 0 Å². The molecule has 0 unspecified atom stereocenters. The number of benzene rings is 1. The molecule has 0 aliphatic heterocycles. The van der Waals surface area contributed by atoms with E-state index < -0.39 is 0 Å². The number of para-hydroxylation sites is 2. The quantitative estimate of drug-likeness (QED) is 0.852. The fourth-order valence-electron chi connectivity index (χ4n) is 1.63. The van der Waals surface area contributed by atoms with Gasteiger partial charge in [0, 0.05) is 5.92 Å². The lowest BCUT2D eigenvalue weighted by Crippen LogP contribution is -2.30. The first-order chi connectivity index (χ1) is 8.08. The number of aromatic nitrogens is 2. The van der Waals surface area contributed by atoms with E-state index in [2.05, 4.69) is 15.3 Å². The number of nitrogens with one attached hydrogen (secondary N) is 2. The Kier molecular flexibility index (Phi) is 3.13. The maximum Gasteiger partial charge on any atom is 0.223 e. The van der Waals surface area contributed by atoms with Gasteiger partial charge in [0.1, 0.15) is 5.82 Å². The van der Waals surface area contributed by atoms with Crippen molar-refractivity contribution in [3.63, 3.8) is 0 Å².